The van der Waals surface area contributed by atoms with Crippen molar-refractivity contribution >= 4 is 51.6 Å². The normalized spacial score (nSPS) is 20.2. The van der Waals surface area contributed by atoms with Crippen molar-refractivity contribution in [1.29, 1.82) is 0 Å². The zero-order valence-electron chi connectivity index (χ0n) is 15.5. The summed E-state index contributed by atoms with van der Waals surface area (Å²) in [5, 5.41) is 2.14. The van der Waals surface area contributed by atoms with E-state index in [1.165, 1.54) is 10.4 Å². The molecule has 3 rings (SSSR count). The summed E-state index contributed by atoms with van der Waals surface area (Å²) in [4.78, 5) is 25.8. The molecule has 144 valence electrons. The third-order valence-electron chi connectivity index (χ3n) is 5.06. The van der Waals surface area contributed by atoms with Gasteiger partial charge in [0.05, 0.1) is 0 Å². The highest BCUT2D eigenvalue weighted by atomic mass is 35.5. The van der Waals surface area contributed by atoms with Crippen LogP contribution < -0.4 is 5.73 Å². The van der Waals surface area contributed by atoms with Crippen LogP contribution in [0.1, 0.15) is 36.6 Å². The van der Waals surface area contributed by atoms with Crippen molar-refractivity contribution in [3.05, 3.63) is 16.8 Å². The zero-order valence-corrected chi connectivity index (χ0v) is 18.0. The molecule has 0 bridgehead atoms. The summed E-state index contributed by atoms with van der Waals surface area (Å²) in [6.45, 7) is 7.87. The van der Waals surface area contributed by atoms with Gasteiger partial charge in [0.2, 0.25) is 5.91 Å². The molecule has 0 spiro atoms. The van der Waals surface area contributed by atoms with Gasteiger partial charge in [0, 0.05) is 41.6 Å². The van der Waals surface area contributed by atoms with Crippen molar-refractivity contribution in [2.24, 2.45) is 11.7 Å². The molecular weight excluding hydrogens is 388 g/mol. The number of piperidine rings is 1. The second-order valence-electron chi connectivity index (χ2n) is 6.85. The summed E-state index contributed by atoms with van der Waals surface area (Å²) in [7, 11) is 0. The molecule has 5 nitrogen and oxygen atoms in total. The van der Waals surface area contributed by atoms with Crippen molar-refractivity contribution < 1.29 is 4.79 Å². The number of hydrogen-bond acceptors (Lipinski definition) is 6. The highest BCUT2D eigenvalue weighted by Crippen LogP contribution is 2.34. The lowest BCUT2D eigenvalue weighted by Crippen LogP contribution is -2.49. The van der Waals surface area contributed by atoms with Crippen LogP contribution in [0.2, 0.25) is 0 Å². The number of nitrogens with zero attached hydrogens (tertiary/aromatic N) is 3. The van der Waals surface area contributed by atoms with Gasteiger partial charge in [0.25, 0.3) is 0 Å². The number of aromatic nitrogens is 2. The lowest BCUT2D eigenvalue weighted by molar-refractivity contribution is -0.134. The van der Waals surface area contributed by atoms with Gasteiger partial charge in [0.15, 0.2) is 0 Å². The Morgan fingerprint density at radius 3 is 2.92 bits per heavy atom. The number of amides is 1. The van der Waals surface area contributed by atoms with E-state index in [9.17, 15) is 4.79 Å². The van der Waals surface area contributed by atoms with Crippen LogP contribution in [-0.2, 0) is 4.79 Å². The van der Waals surface area contributed by atoms with Crippen molar-refractivity contribution in [3.63, 3.8) is 0 Å². The Hall–Kier alpha value is -0.890. The van der Waals surface area contributed by atoms with Crippen LogP contribution in [-0.4, -0.2) is 45.7 Å². The fraction of sp³-hybridized carbons (Fsp3) is 0.611. The molecule has 3 heterocycles. The van der Waals surface area contributed by atoms with Crippen LogP contribution >= 0.6 is 35.5 Å². The number of halogens is 1. The number of rotatable bonds is 5. The number of carbonyl (C=O) groups is 1. The van der Waals surface area contributed by atoms with Crippen LogP contribution in [0.5, 0.6) is 0 Å². The smallest absolute Gasteiger partial charge is 0.223 e. The lowest BCUT2D eigenvalue weighted by Gasteiger charge is -2.38. The molecule has 26 heavy (non-hydrogen) atoms. The molecule has 2 N–H and O–H groups in total. The van der Waals surface area contributed by atoms with Gasteiger partial charge < -0.3 is 10.6 Å². The first-order valence-corrected chi connectivity index (χ1v) is 10.6. The molecule has 1 aliphatic rings. The number of likely N-dealkylation sites (tertiary alicyclic amines) is 1. The maximum Gasteiger partial charge on any atom is 0.223 e. The predicted octanol–water partition coefficient (Wildman–Crippen LogP) is 3.80. The Labute approximate surface area is 169 Å². The molecule has 1 fully saturated rings. The monoisotopic (exact) mass is 414 g/mol. The quantitative estimate of drug-likeness (QED) is 0.595. The Morgan fingerprint density at radius 2 is 2.19 bits per heavy atom. The Bertz CT molecular complexity index is 767. The second kappa shape index (κ2) is 9.35. The molecule has 2 atom stereocenters. The van der Waals surface area contributed by atoms with Crippen LogP contribution in [0.4, 0.5) is 0 Å². The number of thiophene rings is 1. The zero-order chi connectivity index (χ0) is 18.0. The van der Waals surface area contributed by atoms with Crippen LogP contribution in [0.3, 0.4) is 0 Å². The average Bonchev–Trinajstić information content (AvgIpc) is 2.89. The third kappa shape index (κ3) is 4.50. The molecule has 1 saturated heterocycles. The molecule has 1 amide bonds. The first-order chi connectivity index (χ1) is 12.0. The molecule has 8 heteroatoms. The number of hydrogen-bond donors (Lipinski definition) is 1. The van der Waals surface area contributed by atoms with E-state index < -0.39 is 0 Å². The fourth-order valence-electron chi connectivity index (χ4n) is 3.44. The summed E-state index contributed by atoms with van der Waals surface area (Å²) in [5.74, 6) is 1.62. The third-order valence-corrected chi connectivity index (χ3v) is 7.16. The molecule has 0 saturated carbocycles. The largest absolute Gasteiger partial charge is 0.338 e. The topological polar surface area (TPSA) is 72.1 Å². The minimum absolute atomic E-state index is 0. The summed E-state index contributed by atoms with van der Waals surface area (Å²) in [6.07, 6.45) is 4.26. The fourth-order valence-corrected chi connectivity index (χ4v) is 5.49. The van der Waals surface area contributed by atoms with Gasteiger partial charge in [-0.15, -0.1) is 35.5 Å². The maximum atomic E-state index is 12.6. The first-order valence-electron chi connectivity index (χ1n) is 8.84. The Morgan fingerprint density at radius 1 is 1.42 bits per heavy atom. The van der Waals surface area contributed by atoms with Crippen molar-refractivity contribution in [2.45, 2.75) is 51.1 Å². The number of fused-ring (bicyclic) bond motifs is 1. The average molecular weight is 415 g/mol. The van der Waals surface area contributed by atoms with E-state index >= 15 is 0 Å². The number of carbonyl (C=O) groups excluding carboxylic acids is 1. The minimum Gasteiger partial charge on any atom is -0.338 e. The summed E-state index contributed by atoms with van der Waals surface area (Å²) in [6, 6.07) is 0.203. The molecule has 0 radical (unpaired) electrons. The van der Waals surface area contributed by atoms with E-state index in [1.807, 2.05) is 4.90 Å². The number of nitrogens with two attached hydrogens (primary N) is 1. The van der Waals surface area contributed by atoms with Crippen LogP contribution in [0.25, 0.3) is 10.2 Å². The Kier molecular flexibility index (Phi) is 7.70. The standard InChI is InChI=1S/C18H26N4OS2.ClH/c1-11-4-6-22(14(8-11)9-19)15(23)5-7-24-17-16-12(2)13(3)25-18(16)21-10-20-17;/h10-11,14H,4-9,19H2,1-3H3;1H. The van der Waals surface area contributed by atoms with Gasteiger partial charge in [-0.2, -0.15) is 0 Å². The van der Waals surface area contributed by atoms with E-state index in [0.29, 0.717) is 18.9 Å². The lowest BCUT2D eigenvalue weighted by atomic mass is 9.92. The van der Waals surface area contributed by atoms with Gasteiger partial charge in [-0.25, -0.2) is 9.97 Å². The van der Waals surface area contributed by atoms with Gasteiger partial charge >= 0.3 is 0 Å². The predicted molar refractivity (Wildman–Crippen MR) is 112 cm³/mol. The number of thioether (sulfide) groups is 1. The SMILES string of the molecule is Cc1sc2ncnc(SCCC(=O)N3CCC(C)CC3CN)c2c1C.Cl. The summed E-state index contributed by atoms with van der Waals surface area (Å²) >= 11 is 3.36. The molecule has 0 aliphatic carbocycles. The molecule has 2 aromatic rings. The molecule has 2 aromatic heterocycles. The molecule has 2 unspecified atom stereocenters. The molecule has 0 aromatic carbocycles. The second-order valence-corrected chi connectivity index (χ2v) is 9.13. The van der Waals surface area contributed by atoms with E-state index in [-0.39, 0.29) is 24.4 Å². The minimum atomic E-state index is 0. The van der Waals surface area contributed by atoms with E-state index in [1.54, 1.807) is 29.4 Å². The van der Waals surface area contributed by atoms with Gasteiger partial charge in [-0.1, -0.05) is 6.92 Å². The van der Waals surface area contributed by atoms with E-state index in [2.05, 4.69) is 30.7 Å². The molecular formula is C18H27ClN4OS2. The maximum absolute atomic E-state index is 12.6. The van der Waals surface area contributed by atoms with Crippen molar-refractivity contribution in [3.8, 4) is 0 Å². The van der Waals surface area contributed by atoms with E-state index in [4.69, 9.17) is 5.73 Å². The highest BCUT2D eigenvalue weighted by Gasteiger charge is 2.28. The van der Waals surface area contributed by atoms with Gasteiger partial charge in [-0.05, 0) is 38.2 Å². The van der Waals surface area contributed by atoms with Crippen molar-refractivity contribution in [2.75, 3.05) is 18.8 Å². The summed E-state index contributed by atoms with van der Waals surface area (Å²) in [5.41, 5.74) is 7.13. The summed E-state index contributed by atoms with van der Waals surface area (Å²) < 4.78 is 0. The van der Waals surface area contributed by atoms with E-state index in [0.717, 1.165) is 40.4 Å². The Balaban J connectivity index is 0.00000243. The van der Waals surface area contributed by atoms with Crippen LogP contribution in [0.15, 0.2) is 11.4 Å². The van der Waals surface area contributed by atoms with Crippen LogP contribution in [0, 0.1) is 19.8 Å². The highest BCUT2D eigenvalue weighted by molar-refractivity contribution is 7.99. The van der Waals surface area contributed by atoms with Crippen molar-refractivity contribution in [1.82, 2.24) is 14.9 Å². The molecule has 1 aliphatic heterocycles. The first kappa shape index (κ1) is 21.4. The van der Waals surface area contributed by atoms with Gasteiger partial charge in [0.1, 0.15) is 16.2 Å². The van der Waals surface area contributed by atoms with Gasteiger partial charge in [-0.3, -0.25) is 4.79 Å². The number of aryl methyl sites for hydroxylation is 2.